The first kappa shape index (κ1) is 14.5. The Labute approximate surface area is 102 Å². The van der Waals surface area contributed by atoms with Gasteiger partial charge in [-0.15, -0.1) is 0 Å². The van der Waals surface area contributed by atoms with E-state index >= 15 is 0 Å². The lowest BCUT2D eigenvalue weighted by molar-refractivity contribution is -0.137. The molecule has 5 nitrogen and oxygen atoms in total. The molecule has 8 heteroatoms. The number of aromatic nitrogens is 2. The number of aryl methyl sites for hydroxylation is 1. The van der Waals surface area contributed by atoms with Crippen molar-refractivity contribution in [3.8, 4) is 0 Å². The maximum Gasteiger partial charge on any atom is 0.405 e. The van der Waals surface area contributed by atoms with Crippen molar-refractivity contribution in [2.75, 3.05) is 19.6 Å². The summed E-state index contributed by atoms with van der Waals surface area (Å²) >= 11 is 0. The molecule has 0 aliphatic heterocycles. The Morgan fingerprint density at radius 1 is 1.50 bits per heavy atom. The van der Waals surface area contributed by atoms with Gasteiger partial charge in [0.05, 0.1) is 12.7 Å². The first-order chi connectivity index (χ1) is 8.37. The van der Waals surface area contributed by atoms with Crippen LogP contribution in [0.25, 0.3) is 0 Å². The number of carbonyl (C=O) groups is 1. The molecule has 102 valence electrons. The Hall–Kier alpha value is -1.57. The second-order valence-electron chi connectivity index (χ2n) is 3.84. The van der Waals surface area contributed by atoms with Crippen molar-refractivity contribution in [1.29, 1.82) is 0 Å². The highest BCUT2D eigenvalue weighted by molar-refractivity contribution is 5.77. The Bertz CT molecular complexity index is 389. The van der Waals surface area contributed by atoms with Gasteiger partial charge < -0.3 is 10.6 Å². The SMILES string of the molecule is Cn1cc(CCNCC(=O)NCC(F)(F)F)cn1. The summed E-state index contributed by atoms with van der Waals surface area (Å²) < 4.78 is 37.0. The van der Waals surface area contributed by atoms with Gasteiger partial charge in [0.25, 0.3) is 0 Å². The molecule has 1 aromatic heterocycles. The molecule has 0 saturated carbocycles. The summed E-state index contributed by atoms with van der Waals surface area (Å²) in [6, 6.07) is 0. The molecule has 1 aromatic rings. The van der Waals surface area contributed by atoms with Gasteiger partial charge in [0.1, 0.15) is 6.54 Å². The number of amides is 1. The van der Waals surface area contributed by atoms with Crippen LogP contribution < -0.4 is 10.6 Å². The minimum Gasteiger partial charge on any atom is -0.346 e. The van der Waals surface area contributed by atoms with Gasteiger partial charge in [0.15, 0.2) is 0 Å². The van der Waals surface area contributed by atoms with Crippen molar-refractivity contribution in [2.45, 2.75) is 12.6 Å². The quantitative estimate of drug-likeness (QED) is 0.723. The molecule has 0 fully saturated rings. The molecule has 0 aliphatic carbocycles. The number of rotatable bonds is 6. The smallest absolute Gasteiger partial charge is 0.346 e. The van der Waals surface area contributed by atoms with E-state index in [1.807, 2.05) is 6.20 Å². The summed E-state index contributed by atoms with van der Waals surface area (Å²) in [4.78, 5) is 11.0. The molecule has 0 aromatic carbocycles. The van der Waals surface area contributed by atoms with E-state index in [1.54, 1.807) is 23.2 Å². The fraction of sp³-hybridized carbons (Fsp3) is 0.600. The van der Waals surface area contributed by atoms with Crippen LogP contribution in [0.1, 0.15) is 5.56 Å². The molecule has 0 radical (unpaired) electrons. The third kappa shape index (κ3) is 6.24. The van der Waals surface area contributed by atoms with Gasteiger partial charge in [-0.1, -0.05) is 0 Å². The van der Waals surface area contributed by atoms with Gasteiger partial charge in [0, 0.05) is 13.2 Å². The summed E-state index contributed by atoms with van der Waals surface area (Å²) in [5.74, 6) is -0.668. The highest BCUT2D eigenvalue weighted by atomic mass is 19.4. The zero-order chi connectivity index (χ0) is 13.6. The van der Waals surface area contributed by atoms with Crippen molar-refractivity contribution < 1.29 is 18.0 Å². The summed E-state index contributed by atoms with van der Waals surface area (Å²) in [5, 5.41) is 8.52. The Morgan fingerprint density at radius 3 is 2.78 bits per heavy atom. The summed E-state index contributed by atoms with van der Waals surface area (Å²) in [7, 11) is 1.79. The fourth-order valence-electron chi connectivity index (χ4n) is 1.30. The molecule has 1 rings (SSSR count). The molecule has 0 aliphatic rings. The predicted molar refractivity (Wildman–Crippen MR) is 58.8 cm³/mol. The maximum atomic E-state index is 11.8. The third-order valence-electron chi connectivity index (χ3n) is 2.12. The molecule has 1 amide bonds. The molecule has 0 bridgehead atoms. The molecule has 1 heterocycles. The summed E-state index contributed by atoms with van der Waals surface area (Å²) in [6.07, 6.45) is -0.164. The number of hydrogen-bond donors (Lipinski definition) is 2. The van der Waals surface area contributed by atoms with Crippen LogP contribution >= 0.6 is 0 Å². The lowest BCUT2D eigenvalue weighted by atomic mass is 10.2. The zero-order valence-electron chi connectivity index (χ0n) is 9.92. The number of nitrogens with one attached hydrogen (secondary N) is 2. The molecule has 0 spiro atoms. The van der Waals surface area contributed by atoms with Crippen LogP contribution in [0.4, 0.5) is 13.2 Å². The molecule has 0 atom stereocenters. The van der Waals surface area contributed by atoms with Crippen LogP contribution in [0.2, 0.25) is 0 Å². The Balaban J connectivity index is 2.09. The van der Waals surface area contributed by atoms with E-state index in [9.17, 15) is 18.0 Å². The zero-order valence-corrected chi connectivity index (χ0v) is 9.92. The monoisotopic (exact) mass is 264 g/mol. The third-order valence-corrected chi connectivity index (χ3v) is 2.12. The highest BCUT2D eigenvalue weighted by Gasteiger charge is 2.27. The van der Waals surface area contributed by atoms with E-state index in [0.717, 1.165) is 5.56 Å². The summed E-state index contributed by atoms with van der Waals surface area (Å²) in [5.41, 5.74) is 1.00. The fourth-order valence-corrected chi connectivity index (χ4v) is 1.30. The van der Waals surface area contributed by atoms with Crippen LogP contribution in [0.3, 0.4) is 0 Å². The van der Waals surface area contributed by atoms with Crippen molar-refractivity contribution in [3.63, 3.8) is 0 Å². The molecular formula is C10H15F3N4O. The first-order valence-corrected chi connectivity index (χ1v) is 5.38. The van der Waals surface area contributed by atoms with E-state index in [0.29, 0.717) is 13.0 Å². The van der Waals surface area contributed by atoms with Crippen LogP contribution in [0.15, 0.2) is 12.4 Å². The van der Waals surface area contributed by atoms with Crippen LogP contribution in [0, 0.1) is 0 Å². The predicted octanol–water partition coefficient (Wildman–Crippen LogP) is 0.231. The van der Waals surface area contributed by atoms with Crippen molar-refractivity contribution in [2.24, 2.45) is 7.05 Å². The van der Waals surface area contributed by atoms with E-state index in [4.69, 9.17) is 0 Å². The maximum absolute atomic E-state index is 11.8. The van der Waals surface area contributed by atoms with Crippen LogP contribution in [0.5, 0.6) is 0 Å². The summed E-state index contributed by atoms with van der Waals surface area (Å²) in [6.45, 7) is -0.919. The number of hydrogen-bond acceptors (Lipinski definition) is 3. The van der Waals surface area contributed by atoms with Gasteiger partial charge in [-0.25, -0.2) is 0 Å². The average Bonchev–Trinajstić information content (AvgIpc) is 2.67. The molecular weight excluding hydrogens is 249 g/mol. The first-order valence-electron chi connectivity index (χ1n) is 5.38. The molecule has 18 heavy (non-hydrogen) atoms. The minimum absolute atomic E-state index is 0.129. The largest absolute Gasteiger partial charge is 0.405 e. The second-order valence-corrected chi connectivity index (χ2v) is 3.84. The van der Waals surface area contributed by atoms with Gasteiger partial charge in [-0.05, 0) is 18.5 Å². The lowest BCUT2D eigenvalue weighted by Crippen LogP contribution is -2.39. The van der Waals surface area contributed by atoms with E-state index < -0.39 is 18.6 Å². The minimum atomic E-state index is -4.37. The number of carbonyl (C=O) groups excluding carboxylic acids is 1. The highest BCUT2D eigenvalue weighted by Crippen LogP contribution is 2.11. The van der Waals surface area contributed by atoms with Crippen molar-refractivity contribution in [1.82, 2.24) is 20.4 Å². The van der Waals surface area contributed by atoms with Gasteiger partial charge in [-0.2, -0.15) is 18.3 Å². The van der Waals surface area contributed by atoms with E-state index in [2.05, 4.69) is 10.4 Å². The van der Waals surface area contributed by atoms with E-state index in [1.165, 1.54) is 0 Å². The Morgan fingerprint density at radius 2 is 2.22 bits per heavy atom. The molecule has 0 saturated heterocycles. The van der Waals surface area contributed by atoms with Gasteiger partial charge >= 0.3 is 6.18 Å². The standard InChI is InChI=1S/C10H15F3N4O/c1-17-6-8(4-16-17)2-3-14-5-9(18)15-7-10(11,12)13/h4,6,14H,2-3,5,7H2,1H3,(H,15,18). The van der Waals surface area contributed by atoms with Crippen molar-refractivity contribution >= 4 is 5.91 Å². The second kappa shape index (κ2) is 6.39. The topological polar surface area (TPSA) is 59.0 Å². The van der Waals surface area contributed by atoms with Crippen molar-refractivity contribution in [3.05, 3.63) is 18.0 Å². The van der Waals surface area contributed by atoms with Gasteiger partial charge in [0.2, 0.25) is 5.91 Å². The van der Waals surface area contributed by atoms with Crippen LogP contribution in [-0.2, 0) is 18.3 Å². The van der Waals surface area contributed by atoms with Crippen LogP contribution in [-0.4, -0.2) is 41.5 Å². The number of halogens is 3. The van der Waals surface area contributed by atoms with Gasteiger partial charge in [-0.3, -0.25) is 9.48 Å². The Kier molecular flexibility index (Phi) is 5.14. The molecule has 2 N–H and O–H groups in total. The number of alkyl halides is 3. The normalized spacial score (nSPS) is 11.6. The number of nitrogens with zero attached hydrogens (tertiary/aromatic N) is 2. The average molecular weight is 264 g/mol. The van der Waals surface area contributed by atoms with E-state index in [-0.39, 0.29) is 6.54 Å². The molecule has 0 unspecified atom stereocenters. The lowest BCUT2D eigenvalue weighted by Gasteiger charge is -2.08.